The van der Waals surface area contributed by atoms with Crippen LogP contribution in [0.2, 0.25) is 0 Å². The molecule has 0 aromatic heterocycles. The van der Waals surface area contributed by atoms with Crippen LogP contribution >= 0.6 is 0 Å². The molecule has 0 spiro atoms. The molecule has 1 amide bonds. The van der Waals surface area contributed by atoms with Gasteiger partial charge in [-0.25, -0.2) is 9.18 Å². The van der Waals surface area contributed by atoms with Gasteiger partial charge in [0, 0.05) is 5.92 Å². The lowest BCUT2D eigenvalue weighted by Gasteiger charge is -2.26. The van der Waals surface area contributed by atoms with Gasteiger partial charge in [0.25, 0.3) is 0 Å². The normalized spacial score (nSPS) is 12.8. The molecule has 0 aliphatic rings. The summed E-state index contributed by atoms with van der Waals surface area (Å²) in [6.45, 7) is 1.31. The number of rotatable bonds is 8. The zero-order chi connectivity index (χ0) is 19.9. The molecule has 0 radical (unpaired) electrons. The lowest BCUT2D eigenvalue weighted by atomic mass is 9.87. The van der Waals surface area contributed by atoms with Gasteiger partial charge in [-0.3, -0.25) is 14.4 Å². The number of amides is 1. The molecule has 0 aliphatic carbocycles. The molecule has 0 heterocycles. The highest BCUT2D eigenvalue weighted by atomic mass is 19.1. The minimum Gasteiger partial charge on any atom is -0.480 e. The molecule has 26 heavy (non-hydrogen) atoms. The van der Waals surface area contributed by atoms with Crippen molar-refractivity contribution in [2.75, 3.05) is 14.2 Å². The molecule has 9 heteroatoms. The Bertz CT molecular complexity index is 658. The average molecular weight is 369 g/mol. The van der Waals surface area contributed by atoms with Crippen molar-refractivity contribution in [2.45, 2.75) is 19.4 Å². The fourth-order valence-corrected chi connectivity index (χ4v) is 2.40. The summed E-state index contributed by atoms with van der Waals surface area (Å²) in [6.07, 6.45) is -0.197. The van der Waals surface area contributed by atoms with E-state index in [4.69, 9.17) is 0 Å². The monoisotopic (exact) mass is 369 g/mol. The molecular weight excluding hydrogens is 349 g/mol. The number of hydrogen-bond acceptors (Lipinski definition) is 6. The molecular formula is C17H20FNO7. The topological polar surface area (TPSA) is 119 Å². The summed E-state index contributed by atoms with van der Waals surface area (Å²) in [5.41, 5.74) is 0.471. The van der Waals surface area contributed by atoms with Gasteiger partial charge in [-0.05, 0) is 17.7 Å². The van der Waals surface area contributed by atoms with Crippen molar-refractivity contribution in [2.24, 2.45) is 11.8 Å². The van der Waals surface area contributed by atoms with Gasteiger partial charge in [-0.2, -0.15) is 0 Å². The molecule has 1 rings (SSSR count). The van der Waals surface area contributed by atoms with Gasteiger partial charge in [-0.1, -0.05) is 19.1 Å². The second-order valence-electron chi connectivity index (χ2n) is 5.57. The average Bonchev–Trinajstić information content (AvgIpc) is 2.60. The van der Waals surface area contributed by atoms with Crippen molar-refractivity contribution in [3.05, 3.63) is 35.6 Å². The minimum absolute atomic E-state index is 0.197. The minimum atomic E-state index is -1.54. The third-order valence-corrected chi connectivity index (χ3v) is 3.82. The van der Waals surface area contributed by atoms with E-state index >= 15 is 0 Å². The highest BCUT2D eigenvalue weighted by molar-refractivity contribution is 5.96. The van der Waals surface area contributed by atoms with E-state index < -0.39 is 47.5 Å². The van der Waals surface area contributed by atoms with Crippen LogP contribution in [0.25, 0.3) is 0 Å². The molecule has 2 N–H and O–H groups in total. The van der Waals surface area contributed by atoms with Crippen molar-refractivity contribution in [3.63, 3.8) is 0 Å². The maximum atomic E-state index is 12.9. The molecule has 2 atom stereocenters. The van der Waals surface area contributed by atoms with E-state index in [0.717, 1.165) is 14.2 Å². The maximum Gasteiger partial charge on any atom is 0.326 e. The van der Waals surface area contributed by atoms with Gasteiger partial charge < -0.3 is 19.9 Å². The summed E-state index contributed by atoms with van der Waals surface area (Å²) in [5.74, 6) is -7.15. The van der Waals surface area contributed by atoms with Crippen LogP contribution in [0.3, 0.4) is 0 Å². The van der Waals surface area contributed by atoms with Crippen LogP contribution in [0.5, 0.6) is 0 Å². The highest BCUT2D eigenvalue weighted by Crippen LogP contribution is 2.20. The number of nitrogens with one attached hydrogen (secondary N) is 1. The van der Waals surface area contributed by atoms with Gasteiger partial charge in [0.15, 0.2) is 5.92 Å². The molecule has 0 saturated heterocycles. The predicted molar refractivity (Wildman–Crippen MR) is 86.4 cm³/mol. The molecule has 142 valence electrons. The Balaban J connectivity index is 2.93. The largest absolute Gasteiger partial charge is 0.480 e. The standard InChI is InChI=1S/C17H20FNO7/c1-9(13(16(23)25-2)17(24)26-3)14(15(21)22)19-12(20)8-10-4-6-11(18)7-5-10/h4-7,9,13-14H,8H2,1-3H3,(H,19,20)(H,21,22)/t9-,14+/m0/s1. The SMILES string of the molecule is COC(=O)C(C(=O)OC)[C@H](C)[C@@H](NC(=O)Cc1ccc(F)cc1)C(=O)O. The number of halogens is 1. The molecule has 8 nitrogen and oxygen atoms in total. The fraction of sp³-hybridized carbons (Fsp3) is 0.412. The molecule has 0 bridgehead atoms. The second-order valence-corrected chi connectivity index (χ2v) is 5.57. The summed E-state index contributed by atoms with van der Waals surface area (Å²) in [5, 5.41) is 11.7. The Morgan fingerprint density at radius 3 is 2.00 bits per heavy atom. The maximum absolute atomic E-state index is 12.9. The van der Waals surface area contributed by atoms with Crippen LogP contribution < -0.4 is 5.32 Å². The highest BCUT2D eigenvalue weighted by Gasteiger charge is 2.41. The van der Waals surface area contributed by atoms with Crippen molar-refractivity contribution < 1.29 is 38.1 Å². The van der Waals surface area contributed by atoms with Gasteiger partial charge >= 0.3 is 17.9 Å². The predicted octanol–water partition coefficient (Wildman–Crippen LogP) is 0.536. The Morgan fingerprint density at radius 2 is 1.58 bits per heavy atom. The first kappa shape index (κ1) is 21.1. The molecule has 0 saturated carbocycles. The fourth-order valence-electron chi connectivity index (χ4n) is 2.40. The van der Waals surface area contributed by atoms with E-state index in [9.17, 15) is 28.7 Å². The summed E-state index contributed by atoms with van der Waals surface area (Å²) >= 11 is 0. The summed E-state index contributed by atoms with van der Waals surface area (Å²) in [6, 6.07) is 3.58. The van der Waals surface area contributed by atoms with Crippen LogP contribution in [0.4, 0.5) is 4.39 Å². The number of aliphatic carboxylic acids is 1. The Hall–Kier alpha value is -2.97. The zero-order valence-electron chi connectivity index (χ0n) is 14.5. The van der Waals surface area contributed by atoms with Gasteiger partial charge in [-0.15, -0.1) is 0 Å². The Morgan fingerprint density at radius 1 is 1.08 bits per heavy atom. The quantitative estimate of drug-likeness (QED) is 0.507. The molecule has 0 aliphatic heterocycles. The van der Waals surface area contributed by atoms with Crippen molar-refractivity contribution in [1.29, 1.82) is 0 Å². The lowest BCUT2D eigenvalue weighted by Crippen LogP contribution is -2.50. The lowest BCUT2D eigenvalue weighted by molar-refractivity contribution is -0.163. The number of carbonyl (C=O) groups excluding carboxylic acids is 3. The third kappa shape index (κ3) is 5.54. The molecule has 1 aromatic rings. The van der Waals surface area contributed by atoms with Crippen LogP contribution in [0.15, 0.2) is 24.3 Å². The van der Waals surface area contributed by atoms with Gasteiger partial charge in [0.2, 0.25) is 5.91 Å². The van der Waals surface area contributed by atoms with E-state index in [1.54, 1.807) is 0 Å². The van der Waals surface area contributed by atoms with Gasteiger partial charge in [0.05, 0.1) is 20.6 Å². The zero-order valence-corrected chi connectivity index (χ0v) is 14.5. The first-order chi connectivity index (χ1) is 12.2. The van der Waals surface area contributed by atoms with Crippen LogP contribution in [-0.2, 0) is 35.1 Å². The number of esters is 2. The number of ether oxygens (including phenoxy) is 2. The summed E-state index contributed by atoms with van der Waals surface area (Å²) in [7, 11) is 2.10. The van der Waals surface area contributed by atoms with E-state index in [1.165, 1.54) is 31.2 Å². The number of hydrogen-bond donors (Lipinski definition) is 2. The van der Waals surface area contributed by atoms with Crippen molar-refractivity contribution >= 4 is 23.8 Å². The molecule has 1 aromatic carbocycles. The number of benzene rings is 1. The van der Waals surface area contributed by atoms with Crippen molar-refractivity contribution in [3.8, 4) is 0 Å². The number of carboxylic acids is 1. The molecule has 0 unspecified atom stereocenters. The molecule has 0 fully saturated rings. The van der Waals surface area contributed by atoms with E-state index in [1.807, 2.05) is 0 Å². The first-order valence-corrected chi connectivity index (χ1v) is 7.63. The van der Waals surface area contributed by atoms with Crippen molar-refractivity contribution in [1.82, 2.24) is 5.32 Å². The van der Waals surface area contributed by atoms with E-state index in [0.29, 0.717) is 5.56 Å². The number of carboxylic acid groups (broad SMARTS) is 1. The number of carbonyl (C=O) groups is 4. The van der Waals surface area contributed by atoms with Gasteiger partial charge in [0.1, 0.15) is 11.9 Å². The Labute approximate surface area is 149 Å². The van der Waals surface area contributed by atoms with E-state index in [-0.39, 0.29) is 6.42 Å². The third-order valence-electron chi connectivity index (χ3n) is 3.82. The van der Waals surface area contributed by atoms with Crippen LogP contribution in [0, 0.1) is 17.7 Å². The first-order valence-electron chi connectivity index (χ1n) is 7.63. The van der Waals surface area contributed by atoms with Crippen LogP contribution in [-0.4, -0.2) is 49.2 Å². The number of methoxy groups -OCH3 is 2. The Kier molecular flexibility index (Phi) is 7.70. The summed E-state index contributed by atoms with van der Waals surface area (Å²) < 4.78 is 21.9. The summed E-state index contributed by atoms with van der Waals surface area (Å²) in [4.78, 5) is 47.3. The smallest absolute Gasteiger partial charge is 0.326 e. The van der Waals surface area contributed by atoms with E-state index in [2.05, 4.69) is 14.8 Å². The second kappa shape index (κ2) is 9.50. The van der Waals surface area contributed by atoms with Crippen LogP contribution in [0.1, 0.15) is 12.5 Å².